The van der Waals surface area contributed by atoms with Crippen molar-refractivity contribution in [2.75, 3.05) is 6.54 Å². The van der Waals surface area contributed by atoms with E-state index in [1.54, 1.807) is 11.3 Å². The van der Waals surface area contributed by atoms with E-state index in [9.17, 15) is 0 Å². The molecule has 0 aliphatic heterocycles. The number of nitrogens with zero attached hydrogens (tertiary/aromatic N) is 1. The van der Waals surface area contributed by atoms with Crippen LogP contribution < -0.4 is 5.32 Å². The molecular weight excluding hydrogens is 276 g/mol. The van der Waals surface area contributed by atoms with E-state index in [1.807, 2.05) is 11.6 Å². The molecule has 3 aromatic rings. The molecule has 0 radical (unpaired) electrons. The number of thiazole rings is 1. The number of nitrogens with one attached hydrogen (secondary N) is 1. The topological polar surface area (TPSA) is 24.9 Å². The number of benzene rings is 2. The molecule has 0 spiro atoms. The molecule has 2 nitrogen and oxygen atoms in total. The standard InChI is InChI=1S/C18H20N2S/c1-13(18-19-10-11-21-18)12-20-14(2)16-9-5-7-15-6-3-4-8-17(15)16/h3-11,13-14,20H,12H2,1-2H3. The van der Waals surface area contributed by atoms with Crippen LogP contribution in [-0.2, 0) is 0 Å². The van der Waals surface area contributed by atoms with Crippen LogP contribution in [0.3, 0.4) is 0 Å². The summed E-state index contributed by atoms with van der Waals surface area (Å²) in [6.07, 6.45) is 1.88. The van der Waals surface area contributed by atoms with Gasteiger partial charge in [-0.2, -0.15) is 0 Å². The molecule has 0 amide bonds. The fourth-order valence-electron chi connectivity index (χ4n) is 2.66. The van der Waals surface area contributed by atoms with Gasteiger partial charge >= 0.3 is 0 Å². The number of aromatic nitrogens is 1. The molecule has 0 aliphatic carbocycles. The van der Waals surface area contributed by atoms with Crippen LogP contribution in [0.25, 0.3) is 10.8 Å². The Morgan fingerprint density at radius 2 is 1.90 bits per heavy atom. The van der Waals surface area contributed by atoms with Crippen LogP contribution in [0.1, 0.15) is 36.4 Å². The lowest BCUT2D eigenvalue weighted by Gasteiger charge is -2.18. The van der Waals surface area contributed by atoms with Crippen LogP contribution in [0.4, 0.5) is 0 Å². The van der Waals surface area contributed by atoms with Gasteiger partial charge in [0.15, 0.2) is 0 Å². The first kappa shape index (κ1) is 14.2. The molecule has 0 bridgehead atoms. The van der Waals surface area contributed by atoms with Gasteiger partial charge in [0, 0.05) is 30.1 Å². The molecule has 3 rings (SSSR count). The second-order valence-corrected chi connectivity index (χ2v) is 6.40. The van der Waals surface area contributed by atoms with Crippen LogP contribution in [0.15, 0.2) is 54.0 Å². The molecule has 2 unspecified atom stereocenters. The van der Waals surface area contributed by atoms with Crippen molar-refractivity contribution in [1.29, 1.82) is 0 Å². The van der Waals surface area contributed by atoms with Crippen molar-refractivity contribution < 1.29 is 0 Å². The first-order valence-electron chi connectivity index (χ1n) is 7.36. The highest BCUT2D eigenvalue weighted by atomic mass is 32.1. The van der Waals surface area contributed by atoms with Crippen molar-refractivity contribution in [1.82, 2.24) is 10.3 Å². The Bertz CT molecular complexity index is 701. The number of hydrogen-bond donors (Lipinski definition) is 1. The van der Waals surface area contributed by atoms with Gasteiger partial charge in [-0.25, -0.2) is 4.98 Å². The van der Waals surface area contributed by atoms with Crippen molar-refractivity contribution in [3.8, 4) is 0 Å². The third-order valence-electron chi connectivity index (χ3n) is 3.89. The van der Waals surface area contributed by atoms with Crippen LogP contribution in [-0.4, -0.2) is 11.5 Å². The molecule has 108 valence electrons. The molecule has 2 aromatic carbocycles. The van der Waals surface area contributed by atoms with Gasteiger partial charge in [-0.05, 0) is 23.3 Å². The van der Waals surface area contributed by atoms with E-state index in [4.69, 9.17) is 0 Å². The van der Waals surface area contributed by atoms with Gasteiger partial charge in [0.05, 0.1) is 5.01 Å². The maximum Gasteiger partial charge on any atom is 0.0965 e. The molecular formula is C18H20N2S. The Balaban J connectivity index is 1.74. The summed E-state index contributed by atoms with van der Waals surface area (Å²) in [5.74, 6) is 0.447. The Morgan fingerprint density at radius 1 is 1.10 bits per heavy atom. The SMILES string of the molecule is CC(CNC(C)c1cccc2ccccc12)c1nccs1. The van der Waals surface area contributed by atoms with Gasteiger partial charge in [-0.3, -0.25) is 0 Å². The molecule has 3 heteroatoms. The zero-order valence-corrected chi connectivity index (χ0v) is 13.2. The van der Waals surface area contributed by atoms with Crippen LogP contribution in [0.2, 0.25) is 0 Å². The normalized spacial score (nSPS) is 14.2. The van der Waals surface area contributed by atoms with Crippen LogP contribution >= 0.6 is 11.3 Å². The summed E-state index contributed by atoms with van der Waals surface area (Å²) in [7, 11) is 0. The molecule has 0 aliphatic rings. The summed E-state index contributed by atoms with van der Waals surface area (Å²) in [6, 6.07) is 15.4. The lowest BCUT2D eigenvalue weighted by Crippen LogP contribution is -2.23. The molecule has 0 saturated heterocycles. The van der Waals surface area contributed by atoms with E-state index in [0.717, 1.165) is 6.54 Å². The Hall–Kier alpha value is -1.71. The van der Waals surface area contributed by atoms with Gasteiger partial charge in [0.2, 0.25) is 0 Å². The van der Waals surface area contributed by atoms with Gasteiger partial charge in [0.25, 0.3) is 0 Å². The minimum atomic E-state index is 0.332. The van der Waals surface area contributed by atoms with Crippen molar-refractivity contribution in [3.63, 3.8) is 0 Å². The molecule has 1 heterocycles. The minimum absolute atomic E-state index is 0.332. The summed E-state index contributed by atoms with van der Waals surface area (Å²) in [5, 5.41) is 9.53. The van der Waals surface area contributed by atoms with Crippen molar-refractivity contribution >= 4 is 22.1 Å². The Kier molecular flexibility index (Phi) is 4.32. The Morgan fingerprint density at radius 3 is 2.71 bits per heavy atom. The molecule has 1 aromatic heterocycles. The molecule has 21 heavy (non-hydrogen) atoms. The average Bonchev–Trinajstić information content (AvgIpc) is 3.06. The fourth-order valence-corrected chi connectivity index (χ4v) is 3.36. The van der Waals surface area contributed by atoms with E-state index in [-0.39, 0.29) is 0 Å². The van der Waals surface area contributed by atoms with Crippen molar-refractivity contribution in [2.24, 2.45) is 0 Å². The van der Waals surface area contributed by atoms with E-state index in [2.05, 4.69) is 66.6 Å². The maximum absolute atomic E-state index is 4.40. The first-order chi connectivity index (χ1) is 10.3. The highest BCUT2D eigenvalue weighted by Crippen LogP contribution is 2.25. The summed E-state index contributed by atoms with van der Waals surface area (Å²) in [6.45, 7) is 5.40. The number of rotatable bonds is 5. The number of fused-ring (bicyclic) bond motifs is 1. The smallest absolute Gasteiger partial charge is 0.0965 e. The van der Waals surface area contributed by atoms with E-state index < -0.39 is 0 Å². The average molecular weight is 296 g/mol. The quantitative estimate of drug-likeness (QED) is 0.735. The zero-order valence-electron chi connectivity index (χ0n) is 12.4. The zero-order chi connectivity index (χ0) is 14.7. The third-order valence-corrected chi connectivity index (χ3v) is 4.90. The predicted octanol–water partition coefficient (Wildman–Crippen LogP) is 4.75. The third kappa shape index (κ3) is 3.14. The monoisotopic (exact) mass is 296 g/mol. The Labute approximate surface area is 129 Å². The predicted molar refractivity (Wildman–Crippen MR) is 90.9 cm³/mol. The highest BCUT2D eigenvalue weighted by molar-refractivity contribution is 7.09. The summed E-state index contributed by atoms with van der Waals surface area (Å²) in [4.78, 5) is 4.40. The van der Waals surface area contributed by atoms with Crippen molar-refractivity contribution in [2.45, 2.75) is 25.8 Å². The second-order valence-electron chi connectivity index (χ2n) is 5.47. The lowest BCUT2D eigenvalue weighted by molar-refractivity contribution is 0.538. The molecule has 2 atom stereocenters. The highest BCUT2D eigenvalue weighted by Gasteiger charge is 2.12. The lowest BCUT2D eigenvalue weighted by atomic mass is 9.99. The van der Waals surface area contributed by atoms with Gasteiger partial charge in [0.1, 0.15) is 0 Å². The maximum atomic E-state index is 4.40. The van der Waals surface area contributed by atoms with Crippen LogP contribution in [0, 0.1) is 0 Å². The number of hydrogen-bond acceptors (Lipinski definition) is 3. The molecule has 0 saturated carbocycles. The minimum Gasteiger partial charge on any atom is -0.309 e. The summed E-state index contributed by atoms with van der Waals surface area (Å²) in [5.41, 5.74) is 1.36. The van der Waals surface area contributed by atoms with E-state index in [0.29, 0.717) is 12.0 Å². The van der Waals surface area contributed by atoms with Gasteiger partial charge in [-0.1, -0.05) is 49.4 Å². The van der Waals surface area contributed by atoms with Gasteiger partial charge in [-0.15, -0.1) is 11.3 Å². The van der Waals surface area contributed by atoms with Gasteiger partial charge < -0.3 is 5.32 Å². The summed E-state index contributed by atoms with van der Waals surface area (Å²) < 4.78 is 0. The van der Waals surface area contributed by atoms with E-state index in [1.165, 1.54) is 21.3 Å². The largest absolute Gasteiger partial charge is 0.309 e. The fraction of sp³-hybridized carbons (Fsp3) is 0.278. The van der Waals surface area contributed by atoms with Crippen LogP contribution in [0.5, 0.6) is 0 Å². The summed E-state index contributed by atoms with van der Waals surface area (Å²) >= 11 is 1.73. The molecule has 0 fully saturated rings. The second kappa shape index (κ2) is 6.37. The molecule has 1 N–H and O–H groups in total. The van der Waals surface area contributed by atoms with Crippen molar-refractivity contribution in [3.05, 3.63) is 64.6 Å². The van der Waals surface area contributed by atoms with E-state index >= 15 is 0 Å². The first-order valence-corrected chi connectivity index (χ1v) is 8.24.